The fraction of sp³-hybridized carbons (Fsp3) is 0.647. The van der Waals surface area contributed by atoms with Gasteiger partial charge < -0.3 is 19.5 Å². The minimum atomic E-state index is -0.585. The molecule has 1 saturated heterocycles. The quantitative estimate of drug-likeness (QED) is 0.839. The molecule has 4 heteroatoms. The van der Waals surface area contributed by atoms with E-state index in [4.69, 9.17) is 9.47 Å². The van der Waals surface area contributed by atoms with Crippen molar-refractivity contribution in [2.24, 2.45) is 5.92 Å². The van der Waals surface area contributed by atoms with Gasteiger partial charge in [-0.05, 0) is 37.8 Å². The molecule has 0 spiro atoms. The maximum Gasteiger partial charge on any atom is 0.142 e. The number of piperidine rings is 1. The number of rotatable bonds is 7. The second-order valence-corrected chi connectivity index (χ2v) is 5.79. The third kappa shape index (κ3) is 4.90. The number of benzene rings is 1. The van der Waals surface area contributed by atoms with Gasteiger partial charge in [0.25, 0.3) is 0 Å². The molecule has 2 rings (SSSR count). The van der Waals surface area contributed by atoms with Gasteiger partial charge in [-0.25, -0.2) is 0 Å². The highest BCUT2D eigenvalue weighted by Gasteiger charge is 2.19. The molecule has 1 aromatic carbocycles. The monoisotopic (exact) mass is 293 g/mol. The van der Waals surface area contributed by atoms with E-state index >= 15 is 0 Å². The Morgan fingerprint density at radius 3 is 2.90 bits per heavy atom. The summed E-state index contributed by atoms with van der Waals surface area (Å²) in [6, 6.07) is 8.09. The summed E-state index contributed by atoms with van der Waals surface area (Å²) in [4.78, 5) is 2.39. The molecule has 0 saturated carbocycles. The van der Waals surface area contributed by atoms with Crippen LogP contribution in [0.15, 0.2) is 24.3 Å². The molecule has 1 aliphatic heterocycles. The van der Waals surface area contributed by atoms with Crippen LogP contribution in [0.3, 0.4) is 0 Å². The number of anilines is 1. The minimum Gasteiger partial charge on any atom is -0.489 e. The molecule has 0 radical (unpaired) electrons. The fourth-order valence-corrected chi connectivity index (χ4v) is 2.74. The van der Waals surface area contributed by atoms with E-state index < -0.39 is 6.10 Å². The van der Waals surface area contributed by atoms with Gasteiger partial charge in [-0.2, -0.15) is 0 Å². The summed E-state index contributed by atoms with van der Waals surface area (Å²) in [7, 11) is 0. The molecule has 0 amide bonds. The van der Waals surface area contributed by atoms with Crippen LogP contribution in [0.5, 0.6) is 5.75 Å². The molecule has 1 aromatic rings. The Kier molecular flexibility index (Phi) is 6.33. The number of hydrogen-bond donors (Lipinski definition) is 1. The zero-order valence-corrected chi connectivity index (χ0v) is 13.1. The normalized spacial score (nSPS) is 20.3. The van der Waals surface area contributed by atoms with Crippen molar-refractivity contribution in [3.8, 4) is 5.75 Å². The fourth-order valence-electron chi connectivity index (χ4n) is 2.74. The van der Waals surface area contributed by atoms with E-state index in [9.17, 15) is 5.11 Å². The lowest BCUT2D eigenvalue weighted by Gasteiger charge is -2.33. The van der Waals surface area contributed by atoms with Gasteiger partial charge >= 0.3 is 0 Å². The maximum atomic E-state index is 9.82. The largest absolute Gasteiger partial charge is 0.489 e. The van der Waals surface area contributed by atoms with Gasteiger partial charge in [0, 0.05) is 19.7 Å². The molecule has 0 aromatic heterocycles. The zero-order valence-electron chi connectivity index (χ0n) is 13.1. The second kappa shape index (κ2) is 8.25. The Balaban J connectivity index is 1.96. The van der Waals surface area contributed by atoms with Crippen LogP contribution in [-0.4, -0.2) is 44.1 Å². The van der Waals surface area contributed by atoms with Crippen LogP contribution in [0.25, 0.3) is 0 Å². The van der Waals surface area contributed by atoms with Crippen molar-refractivity contribution in [1.82, 2.24) is 0 Å². The Bertz CT molecular complexity index is 424. The van der Waals surface area contributed by atoms with Gasteiger partial charge in [0.2, 0.25) is 0 Å². The zero-order chi connectivity index (χ0) is 15.1. The first-order valence-corrected chi connectivity index (χ1v) is 7.93. The molecular formula is C17H27NO3. The number of aliphatic hydroxyl groups is 1. The Labute approximate surface area is 127 Å². The molecule has 0 aliphatic carbocycles. The number of nitrogens with zero attached hydrogens (tertiary/aromatic N) is 1. The van der Waals surface area contributed by atoms with Crippen molar-refractivity contribution >= 4 is 5.69 Å². The van der Waals surface area contributed by atoms with Crippen LogP contribution in [0.1, 0.15) is 26.7 Å². The smallest absolute Gasteiger partial charge is 0.142 e. The first kappa shape index (κ1) is 16.1. The van der Waals surface area contributed by atoms with E-state index in [1.807, 2.05) is 25.1 Å². The van der Waals surface area contributed by atoms with Crippen LogP contribution in [0, 0.1) is 5.92 Å². The van der Waals surface area contributed by atoms with Gasteiger partial charge in [0.15, 0.2) is 0 Å². The summed E-state index contributed by atoms with van der Waals surface area (Å²) in [5, 5.41) is 9.82. The molecule has 4 nitrogen and oxygen atoms in total. The second-order valence-electron chi connectivity index (χ2n) is 5.79. The maximum absolute atomic E-state index is 9.82. The third-order valence-electron chi connectivity index (χ3n) is 3.81. The van der Waals surface area contributed by atoms with E-state index in [0.717, 1.165) is 30.4 Å². The van der Waals surface area contributed by atoms with Crippen molar-refractivity contribution in [2.75, 3.05) is 37.8 Å². The summed E-state index contributed by atoms with van der Waals surface area (Å²) < 4.78 is 11.0. The van der Waals surface area contributed by atoms with E-state index in [-0.39, 0.29) is 6.61 Å². The minimum absolute atomic E-state index is 0.264. The van der Waals surface area contributed by atoms with Crippen LogP contribution < -0.4 is 9.64 Å². The van der Waals surface area contributed by atoms with Crippen molar-refractivity contribution in [2.45, 2.75) is 32.8 Å². The molecule has 1 aliphatic rings. The summed E-state index contributed by atoms with van der Waals surface area (Å²) in [5.74, 6) is 1.57. The number of aliphatic hydroxyl groups excluding tert-OH is 1. The van der Waals surface area contributed by atoms with Crippen LogP contribution >= 0.6 is 0 Å². The number of hydrogen-bond acceptors (Lipinski definition) is 4. The van der Waals surface area contributed by atoms with Gasteiger partial charge in [0.05, 0.1) is 12.3 Å². The van der Waals surface area contributed by atoms with E-state index in [1.165, 1.54) is 12.8 Å². The molecule has 1 fully saturated rings. The Hall–Kier alpha value is -1.26. The SMILES string of the molecule is CCOC[C@@H](O)COc1ccccc1N1CCC[C@@H](C)C1. The third-order valence-corrected chi connectivity index (χ3v) is 3.81. The summed E-state index contributed by atoms with van der Waals surface area (Å²) in [5.41, 5.74) is 1.13. The van der Waals surface area contributed by atoms with Crippen LogP contribution in [0.4, 0.5) is 5.69 Å². The molecule has 21 heavy (non-hydrogen) atoms. The summed E-state index contributed by atoms with van der Waals surface area (Å²) in [6.07, 6.45) is 1.94. The Morgan fingerprint density at radius 1 is 1.33 bits per heavy atom. The van der Waals surface area contributed by atoms with Crippen molar-refractivity contribution in [1.29, 1.82) is 0 Å². The molecule has 1 heterocycles. The molecule has 2 atom stereocenters. The highest BCUT2D eigenvalue weighted by atomic mass is 16.5. The van der Waals surface area contributed by atoms with Gasteiger partial charge in [-0.15, -0.1) is 0 Å². The van der Waals surface area contributed by atoms with E-state index in [2.05, 4.69) is 17.9 Å². The molecule has 118 valence electrons. The molecule has 1 N–H and O–H groups in total. The van der Waals surface area contributed by atoms with Gasteiger partial charge in [0.1, 0.15) is 18.5 Å². The van der Waals surface area contributed by atoms with Crippen molar-refractivity contribution in [3.05, 3.63) is 24.3 Å². The van der Waals surface area contributed by atoms with E-state index in [0.29, 0.717) is 13.2 Å². The van der Waals surface area contributed by atoms with Crippen LogP contribution in [-0.2, 0) is 4.74 Å². The number of ether oxygens (including phenoxy) is 2. The standard InChI is InChI=1S/C17H27NO3/c1-3-20-12-15(19)13-21-17-9-5-4-8-16(17)18-10-6-7-14(2)11-18/h4-5,8-9,14-15,19H,3,6-7,10-13H2,1-2H3/t14-,15-/m1/s1. The Morgan fingerprint density at radius 2 is 2.14 bits per heavy atom. The van der Waals surface area contributed by atoms with Crippen LogP contribution in [0.2, 0.25) is 0 Å². The first-order chi connectivity index (χ1) is 10.2. The van der Waals surface area contributed by atoms with Crippen molar-refractivity contribution < 1.29 is 14.6 Å². The van der Waals surface area contributed by atoms with E-state index in [1.54, 1.807) is 0 Å². The summed E-state index contributed by atoms with van der Waals surface area (Å²) in [6.45, 7) is 7.55. The lowest BCUT2D eigenvalue weighted by atomic mass is 9.99. The lowest BCUT2D eigenvalue weighted by molar-refractivity contribution is 0.0165. The first-order valence-electron chi connectivity index (χ1n) is 7.93. The van der Waals surface area contributed by atoms with Gasteiger partial charge in [-0.3, -0.25) is 0 Å². The number of para-hydroxylation sites is 2. The highest BCUT2D eigenvalue weighted by molar-refractivity contribution is 5.58. The topological polar surface area (TPSA) is 41.9 Å². The summed E-state index contributed by atoms with van der Waals surface area (Å²) >= 11 is 0. The predicted molar refractivity (Wildman–Crippen MR) is 85.0 cm³/mol. The molecular weight excluding hydrogens is 266 g/mol. The lowest BCUT2D eigenvalue weighted by Crippen LogP contribution is -2.34. The highest BCUT2D eigenvalue weighted by Crippen LogP contribution is 2.31. The average Bonchev–Trinajstić information content (AvgIpc) is 2.51. The van der Waals surface area contributed by atoms with Gasteiger partial charge in [-0.1, -0.05) is 19.1 Å². The predicted octanol–water partition coefficient (Wildman–Crippen LogP) is 2.70. The van der Waals surface area contributed by atoms with Crippen molar-refractivity contribution in [3.63, 3.8) is 0 Å². The average molecular weight is 293 g/mol. The molecule has 0 unspecified atom stereocenters. The molecule has 0 bridgehead atoms.